The van der Waals surface area contributed by atoms with Gasteiger partial charge in [0.25, 0.3) is 0 Å². The van der Waals surface area contributed by atoms with E-state index < -0.39 is 21.6 Å². The summed E-state index contributed by atoms with van der Waals surface area (Å²) in [7, 11) is -3.84. The Labute approximate surface area is 181 Å². The lowest BCUT2D eigenvalue weighted by Crippen LogP contribution is -2.27. The molecule has 0 unspecified atom stereocenters. The number of aromatic nitrogens is 6. The van der Waals surface area contributed by atoms with Crippen molar-refractivity contribution >= 4 is 26.9 Å². The zero-order valence-corrected chi connectivity index (χ0v) is 18.5. The van der Waals surface area contributed by atoms with Gasteiger partial charge in [0.2, 0.25) is 0 Å². The molecule has 32 heavy (non-hydrogen) atoms. The van der Waals surface area contributed by atoms with Crippen LogP contribution in [0.1, 0.15) is 33.3 Å². The van der Waals surface area contributed by atoms with E-state index in [9.17, 15) is 21.6 Å². The molecule has 0 fully saturated rings. The molecule has 0 amide bonds. The van der Waals surface area contributed by atoms with E-state index in [0.29, 0.717) is 5.82 Å². The molecule has 4 aromatic heterocycles. The number of pyridine rings is 1. The van der Waals surface area contributed by atoms with Crippen molar-refractivity contribution in [3.05, 3.63) is 36.2 Å². The van der Waals surface area contributed by atoms with Gasteiger partial charge < -0.3 is 5.32 Å². The third-order valence-corrected chi connectivity index (χ3v) is 6.18. The molecule has 13 heteroatoms. The number of alkyl halides is 3. The summed E-state index contributed by atoms with van der Waals surface area (Å²) in [6.45, 7) is 7.25. The first-order valence-corrected chi connectivity index (χ1v) is 11.3. The van der Waals surface area contributed by atoms with Crippen LogP contribution in [0, 0.1) is 0 Å². The van der Waals surface area contributed by atoms with Crippen LogP contribution in [0.3, 0.4) is 0 Å². The van der Waals surface area contributed by atoms with E-state index in [1.807, 2.05) is 20.8 Å². The quantitative estimate of drug-likeness (QED) is 0.490. The van der Waals surface area contributed by atoms with Crippen molar-refractivity contribution in [1.82, 2.24) is 29.2 Å². The largest absolute Gasteiger partial charge is 0.417 e. The van der Waals surface area contributed by atoms with E-state index >= 15 is 0 Å². The van der Waals surface area contributed by atoms with Gasteiger partial charge in [0.1, 0.15) is 11.4 Å². The highest BCUT2D eigenvalue weighted by Gasteiger charge is 2.32. The second-order valence-corrected chi connectivity index (χ2v) is 10.4. The summed E-state index contributed by atoms with van der Waals surface area (Å²) in [5.41, 5.74) is -0.951. The first kappa shape index (κ1) is 22.0. The highest BCUT2D eigenvalue weighted by atomic mass is 32.2. The van der Waals surface area contributed by atoms with Gasteiger partial charge in [-0.25, -0.2) is 22.9 Å². The highest BCUT2D eigenvalue weighted by molar-refractivity contribution is 7.91. The monoisotopic (exact) mass is 467 g/mol. The molecule has 0 bridgehead atoms. The summed E-state index contributed by atoms with van der Waals surface area (Å²) in [4.78, 5) is 8.52. The van der Waals surface area contributed by atoms with Crippen LogP contribution in [0.2, 0.25) is 0 Å². The number of halogens is 3. The SMILES string of the molecule is CCS(=O)(=O)c1nn2c(NC(C)(C)C)ccnc2c1-c1nc2ccc(C(F)(F)F)cn2n1. The number of hydrogen-bond acceptors (Lipinski definition) is 7. The molecular formula is C19H20F3N7O2S. The Morgan fingerprint density at radius 1 is 1.09 bits per heavy atom. The third kappa shape index (κ3) is 3.87. The summed E-state index contributed by atoms with van der Waals surface area (Å²) >= 11 is 0. The number of hydrogen-bond donors (Lipinski definition) is 1. The van der Waals surface area contributed by atoms with Crippen molar-refractivity contribution in [3.63, 3.8) is 0 Å². The molecule has 0 spiro atoms. The maximum absolute atomic E-state index is 13.1. The smallest absolute Gasteiger partial charge is 0.365 e. The molecule has 0 aliphatic heterocycles. The molecule has 0 aliphatic rings. The predicted octanol–water partition coefficient (Wildman–Crippen LogP) is 3.46. The van der Waals surface area contributed by atoms with Crippen molar-refractivity contribution < 1.29 is 21.6 Å². The molecule has 0 saturated carbocycles. The van der Waals surface area contributed by atoms with Crippen molar-refractivity contribution in [1.29, 1.82) is 0 Å². The molecule has 9 nitrogen and oxygen atoms in total. The van der Waals surface area contributed by atoms with E-state index in [1.54, 1.807) is 6.07 Å². The van der Waals surface area contributed by atoms with Crippen molar-refractivity contribution in [2.75, 3.05) is 11.1 Å². The van der Waals surface area contributed by atoms with Crippen molar-refractivity contribution in [2.45, 2.75) is 44.4 Å². The van der Waals surface area contributed by atoms with Gasteiger partial charge in [-0.05, 0) is 39.0 Å². The van der Waals surface area contributed by atoms with Crippen LogP contribution in [-0.4, -0.2) is 48.9 Å². The van der Waals surface area contributed by atoms with Gasteiger partial charge in [-0.2, -0.15) is 22.8 Å². The summed E-state index contributed by atoms with van der Waals surface area (Å²) in [5, 5.41) is 11.3. The summed E-state index contributed by atoms with van der Waals surface area (Å²) in [6, 6.07) is 3.69. The number of rotatable bonds is 4. The molecule has 1 N–H and O–H groups in total. The topological polar surface area (TPSA) is 107 Å². The van der Waals surface area contributed by atoms with Crippen LogP contribution < -0.4 is 5.32 Å². The van der Waals surface area contributed by atoms with Gasteiger partial charge in [0.15, 0.2) is 32.0 Å². The number of fused-ring (bicyclic) bond motifs is 2. The van der Waals surface area contributed by atoms with Crippen LogP contribution in [0.25, 0.3) is 22.7 Å². The molecule has 4 heterocycles. The number of sulfone groups is 1. The lowest BCUT2D eigenvalue weighted by molar-refractivity contribution is -0.137. The summed E-state index contributed by atoms with van der Waals surface area (Å²) in [6.07, 6.45) is -2.28. The first-order valence-electron chi connectivity index (χ1n) is 9.63. The molecule has 4 aromatic rings. The van der Waals surface area contributed by atoms with E-state index in [0.717, 1.165) is 16.8 Å². The summed E-state index contributed by atoms with van der Waals surface area (Å²) in [5.74, 6) is 0.161. The van der Waals surface area contributed by atoms with Crippen LogP contribution in [0.5, 0.6) is 0 Å². The zero-order valence-electron chi connectivity index (χ0n) is 17.6. The van der Waals surface area contributed by atoms with E-state index in [-0.39, 0.29) is 39.0 Å². The third-order valence-electron chi connectivity index (χ3n) is 4.55. The Hall–Kier alpha value is -3.22. The Morgan fingerprint density at radius 3 is 2.44 bits per heavy atom. The Bertz CT molecular complexity index is 1430. The molecular weight excluding hydrogens is 447 g/mol. The van der Waals surface area contributed by atoms with Gasteiger partial charge in [0.05, 0.1) is 11.3 Å². The fraction of sp³-hybridized carbons (Fsp3) is 0.368. The summed E-state index contributed by atoms with van der Waals surface area (Å²) < 4.78 is 67.2. The maximum atomic E-state index is 13.1. The Kier molecular flexibility index (Phi) is 4.91. The van der Waals surface area contributed by atoms with Gasteiger partial charge in [-0.3, -0.25) is 0 Å². The van der Waals surface area contributed by atoms with E-state index in [4.69, 9.17) is 0 Å². The van der Waals surface area contributed by atoms with Crippen molar-refractivity contribution in [3.8, 4) is 11.4 Å². The van der Waals surface area contributed by atoms with Gasteiger partial charge >= 0.3 is 6.18 Å². The minimum atomic E-state index is -4.56. The van der Waals surface area contributed by atoms with Crippen molar-refractivity contribution in [2.24, 2.45) is 0 Å². The minimum Gasteiger partial charge on any atom is -0.365 e. The van der Waals surface area contributed by atoms with E-state index in [1.165, 1.54) is 23.7 Å². The van der Waals surface area contributed by atoms with Gasteiger partial charge in [-0.15, -0.1) is 5.10 Å². The number of nitrogens with zero attached hydrogens (tertiary/aromatic N) is 6. The Morgan fingerprint density at radius 2 is 1.81 bits per heavy atom. The standard InChI is InChI=1S/C19H20F3N7O2S/c1-5-32(30,31)17-14(16-23-9-8-13(29(16)27-17)25-18(2,3)4)15-24-12-7-6-11(19(20,21)22)10-28(12)26-15/h6-10,25H,5H2,1-4H3. The average molecular weight is 467 g/mol. The van der Waals surface area contributed by atoms with Crippen LogP contribution >= 0.6 is 0 Å². The molecule has 0 aliphatic carbocycles. The second-order valence-electron chi connectivity index (χ2n) is 8.18. The lowest BCUT2D eigenvalue weighted by atomic mass is 10.1. The normalized spacial score (nSPS) is 13.2. The van der Waals surface area contributed by atoms with Crippen LogP contribution in [0.15, 0.2) is 35.6 Å². The molecule has 0 saturated heterocycles. The highest BCUT2D eigenvalue weighted by Crippen LogP contribution is 2.33. The predicted molar refractivity (Wildman–Crippen MR) is 111 cm³/mol. The van der Waals surface area contributed by atoms with Crippen LogP contribution in [0.4, 0.5) is 19.0 Å². The van der Waals surface area contributed by atoms with Gasteiger partial charge in [-0.1, -0.05) is 6.92 Å². The fourth-order valence-corrected chi connectivity index (χ4v) is 4.08. The van der Waals surface area contributed by atoms with Gasteiger partial charge in [0, 0.05) is 17.9 Å². The Balaban J connectivity index is 2.01. The minimum absolute atomic E-state index is 0.0293. The molecule has 0 atom stereocenters. The van der Waals surface area contributed by atoms with Crippen LogP contribution in [-0.2, 0) is 16.0 Å². The van der Waals surface area contributed by atoms with E-state index in [2.05, 4.69) is 25.5 Å². The molecule has 0 radical (unpaired) electrons. The fourth-order valence-electron chi connectivity index (χ4n) is 3.11. The zero-order chi connectivity index (χ0) is 23.5. The number of anilines is 1. The molecule has 170 valence electrons. The first-order chi connectivity index (χ1) is 14.8. The molecule has 0 aromatic carbocycles. The lowest BCUT2D eigenvalue weighted by Gasteiger charge is -2.22. The second kappa shape index (κ2) is 7.15. The maximum Gasteiger partial charge on any atom is 0.417 e. The average Bonchev–Trinajstić information content (AvgIpc) is 3.27. The molecule has 4 rings (SSSR count). The number of nitrogens with one attached hydrogen (secondary N) is 1.